The molecule has 0 aliphatic carbocycles. The Balaban J connectivity index is 2.14. The fourth-order valence-corrected chi connectivity index (χ4v) is 2.19. The van der Waals surface area contributed by atoms with E-state index in [-0.39, 0.29) is 5.91 Å². The SMILES string of the molecule is CCNC(=O)c1ccc(Nc2ccc(C(C)C)cc2)c(N)c1. The van der Waals surface area contributed by atoms with Gasteiger partial charge < -0.3 is 16.4 Å². The number of amides is 1. The minimum absolute atomic E-state index is 0.109. The number of rotatable bonds is 5. The minimum Gasteiger partial charge on any atom is -0.397 e. The van der Waals surface area contributed by atoms with E-state index in [9.17, 15) is 4.79 Å². The largest absolute Gasteiger partial charge is 0.397 e. The van der Waals surface area contributed by atoms with E-state index in [0.29, 0.717) is 23.7 Å². The van der Waals surface area contributed by atoms with Gasteiger partial charge in [0.2, 0.25) is 0 Å². The minimum atomic E-state index is -0.109. The second-order valence-corrected chi connectivity index (χ2v) is 5.56. The lowest BCUT2D eigenvalue weighted by molar-refractivity contribution is 0.0956. The van der Waals surface area contributed by atoms with Crippen LogP contribution in [0.15, 0.2) is 42.5 Å². The molecule has 116 valence electrons. The highest BCUT2D eigenvalue weighted by molar-refractivity contribution is 5.96. The van der Waals surface area contributed by atoms with Crippen LogP contribution < -0.4 is 16.4 Å². The van der Waals surface area contributed by atoms with Gasteiger partial charge in [-0.3, -0.25) is 4.79 Å². The maximum atomic E-state index is 11.8. The van der Waals surface area contributed by atoms with Gasteiger partial charge in [-0.25, -0.2) is 0 Å². The number of carbonyl (C=O) groups is 1. The molecule has 0 fully saturated rings. The highest BCUT2D eigenvalue weighted by atomic mass is 16.1. The molecule has 0 atom stereocenters. The van der Waals surface area contributed by atoms with Crippen molar-refractivity contribution in [1.29, 1.82) is 0 Å². The van der Waals surface area contributed by atoms with Crippen LogP contribution >= 0.6 is 0 Å². The van der Waals surface area contributed by atoms with E-state index >= 15 is 0 Å². The van der Waals surface area contributed by atoms with Gasteiger partial charge in [-0.05, 0) is 48.7 Å². The van der Waals surface area contributed by atoms with Crippen LogP contribution in [0.5, 0.6) is 0 Å². The van der Waals surface area contributed by atoms with Crippen LogP contribution in [0.1, 0.15) is 42.6 Å². The van der Waals surface area contributed by atoms with Crippen molar-refractivity contribution in [1.82, 2.24) is 5.32 Å². The van der Waals surface area contributed by atoms with Crippen molar-refractivity contribution >= 4 is 23.0 Å². The Morgan fingerprint density at radius 1 is 1.14 bits per heavy atom. The predicted molar refractivity (Wildman–Crippen MR) is 92.7 cm³/mol. The van der Waals surface area contributed by atoms with Gasteiger partial charge in [0.1, 0.15) is 0 Å². The molecule has 0 spiro atoms. The highest BCUT2D eigenvalue weighted by Gasteiger charge is 2.07. The first-order valence-corrected chi connectivity index (χ1v) is 7.56. The van der Waals surface area contributed by atoms with Crippen LogP contribution in [-0.4, -0.2) is 12.5 Å². The fourth-order valence-electron chi connectivity index (χ4n) is 2.19. The van der Waals surface area contributed by atoms with E-state index in [1.165, 1.54) is 5.56 Å². The number of hydrogen-bond acceptors (Lipinski definition) is 3. The molecule has 4 N–H and O–H groups in total. The molecule has 0 aliphatic rings. The predicted octanol–water partition coefficient (Wildman–Crippen LogP) is 3.89. The molecule has 2 rings (SSSR count). The number of carbonyl (C=O) groups excluding carboxylic acids is 1. The van der Waals surface area contributed by atoms with Gasteiger partial charge in [0.15, 0.2) is 0 Å². The average molecular weight is 297 g/mol. The summed E-state index contributed by atoms with van der Waals surface area (Å²) in [5, 5.41) is 6.04. The van der Waals surface area contributed by atoms with E-state index in [2.05, 4.69) is 36.6 Å². The third-order valence-electron chi connectivity index (χ3n) is 3.51. The van der Waals surface area contributed by atoms with Crippen molar-refractivity contribution in [2.75, 3.05) is 17.6 Å². The van der Waals surface area contributed by atoms with Gasteiger partial charge in [0.05, 0.1) is 11.4 Å². The van der Waals surface area contributed by atoms with Gasteiger partial charge in [-0.15, -0.1) is 0 Å². The van der Waals surface area contributed by atoms with Crippen molar-refractivity contribution in [3.63, 3.8) is 0 Å². The van der Waals surface area contributed by atoms with Crippen molar-refractivity contribution in [3.8, 4) is 0 Å². The second-order valence-electron chi connectivity index (χ2n) is 5.56. The van der Waals surface area contributed by atoms with Gasteiger partial charge in [0.25, 0.3) is 5.91 Å². The van der Waals surface area contributed by atoms with Crippen LogP contribution in [0.4, 0.5) is 17.1 Å². The van der Waals surface area contributed by atoms with Crippen molar-refractivity contribution in [2.45, 2.75) is 26.7 Å². The van der Waals surface area contributed by atoms with Crippen LogP contribution in [0.2, 0.25) is 0 Å². The summed E-state index contributed by atoms with van der Waals surface area (Å²) >= 11 is 0. The third-order valence-corrected chi connectivity index (χ3v) is 3.51. The quantitative estimate of drug-likeness (QED) is 0.734. The zero-order valence-corrected chi connectivity index (χ0v) is 13.3. The Morgan fingerprint density at radius 3 is 2.36 bits per heavy atom. The number of benzene rings is 2. The van der Waals surface area contributed by atoms with E-state index in [0.717, 1.165) is 11.4 Å². The first-order chi connectivity index (χ1) is 10.5. The maximum Gasteiger partial charge on any atom is 0.251 e. The molecule has 0 heterocycles. The molecular weight excluding hydrogens is 274 g/mol. The molecule has 22 heavy (non-hydrogen) atoms. The average Bonchev–Trinajstić information content (AvgIpc) is 2.50. The molecule has 0 aromatic heterocycles. The first kappa shape index (κ1) is 15.9. The molecule has 0 aliphatic heterocycles. The van der Waals surface area contributed by atoms with Crippen LogP contribution in [-0.2, 0) is 0 Å². The number of anilines is 3. The summed E-state index contributed by atoms with van der Waals surface area (Å²) in [4.78, 5) is 11.8. The zero-order chi connectivity index (χ0) is 16.1. The van der Waals surface area contributed by atoms with Gasteiger partial charge in [-0.2, -0.15) is 0 Å². The number of nitrogens with one attached hydrogen (secondary N) is 2. The Bertz CT molecular complexity index is 648. The summed E-state index contributed by atoms with van der Waals surface area (Å²) in [5.41, 5.74) is 10.2. The van der Waals surface area contributed by atoms with Crippen LogP contribution in [0.3, 0.4) is 0 Å². The Hall–Kier alpha value is -2.49. The summed E-state index contributed by atoms with van der Waals surface area (Å²) in [6.07, 6.45) is 0. The first-order valence-electron chi connectivity index (χ1n) is 7.56. The Morgan fingerprint density at radius 2 is 1.82 bits per heavy atom. The summed E-state index contributed by atoms with van der Waals surface area (Å²) in [6, 6.07) is 13.6. The molecule has 4 heteroatoms. The maximum absolute atomic E-state index is 11.8. The van der Waals surface area contributed by atoms with E-state index in [4.69, 9.17) is 5.73 Å². The zero-order valence-electron chi connectivity index (χ0n) is 13.3. The van der Waals surface area contributed by atoms with Crippen molar-refractivity contribution < 1.29 is 4.79 Å². The molecule has 0 saturated heterocycles. The third kappa shape index (κ3) is 3.79. The van der Waals surface area contributed by atoms with Crippen molar-refractivity contribution in [3.05, 3.63) is 53.6 Å². The smallest absolute Gasteiger partial charge is 0.251 e. The van der Waals surface area contributed by atoms with Crippen LogP contribution in [0.25, 0.3) is 0 Å². The summed E-state index contributed by atoms with van der Waals surface area (Å²) in [7, 11) is 0. The molecule has 1 amide bonds. The van der Waals surface area contributed by atoms with Gasteiger partial charge >= 0.3 is 0 Å². The van der Waals surface area contributed by atoms with Gasteiger partial charge in [-0.1, -0.05) is 26.0 Å². The Kier molecular flexibility index (Phi) is 5.04. The number of nitrogens with two attached hydrogens (primary N) is 1. The Labute approximate surface area is 131 Å². The molecule has 4 nitrogen and oxygen atoms in total. The number of hydrogen-bond donors (Lipinski definition) is 3. The van der Waals surface area contributed by atoms with E-state index < -0.39 is 0 Å². The lowest BCUT2D eigenvalue weighted by Crippen LogP contribution is -2.22. The topological polar surface area (TPSA) is 67.2 Å². The summed E-state index contributed by atoms with van der Waals surface area (Å²) < 4.78 is 0. The molecule has 0 radical (unpaired) electrons. The molecule has 0 saturated carbocycles. The lowest BCUT2D eigenvalue weighted by Gasteiger charge is -2.12. The summed E-state index contributed by atoms with van der Waals surface area (Å²) in [5.74, 6) is 0.400. The number of nitrogen functional groups attached to an aromatic ring is 1. The molecule has 2 aromatic carbocycles. The molecule has 2 aromatic rings. The van der Waals surface area contributed by atoms with Crippen LogP contribution in [0, 0.1) is 0 Å². The summed E-state index contributed by atoms with van der Waals surface area (Å²) in [6.45, 7) is 6.82. The molecule has 0 bridgehead atoms. The second kappa shape index (κ2) is 6.98. The lowest BCUT2D eigenvalue weighted by atomic mass is 10.0. The van der Waals surface area contributed by atoms with E-state index in [1.807, 2.05) is 25.1 Å². The monoisotopic (exact) mass is 297 g/mol. The normalized spacial score (nSPS) is 10.5. The molecular formula is C18H23N3O. The fraction of sp³-hybridized carbons (Fsp3) is 0.278. The highest BCUT2D eigenvalue weighted by Crippen LogP contribution is 2.25. The molecule has 0 unspecified atom stereocenters. The standard InChI is InChI=1S/C18H23N3O/c1-4-20-18(22)14-7-10-17(16(19)11-14)21-15-8-5-13(6-9-15)12(2)3/h5-12,21H,4,19H2,1-3H3,(H,20,22). The van der Waals surface area contributed by atoms with E-state index in [1.54, 1.807) is 12.1 Å². The van der Waals surface area contributed by atoms with Gasteiger partial charge in [0, 0.05) is 17.8 Å². The van der Waals surface area contributed by atoms with Crippen molar-refractivity contribution in [2.24, 2.45) is 0 Å².